The van der Waals surface area contributed by atoms with Gasteiger partial charge in [-0.15, -0.1) is 0 Å². The molecule has 116 valence electrons. The van der Waals surface area contributed by atoms with Crippen LogP contribution in [0.1, 0.15) is 21.6 Å². The summed E-state index contributed by atoms with van der Waals surface area (Å²) in [5.74, 6) is -1.27. The molecule has 2 rings (SSSR count). The van der Waals surface area contributed by atoms with Gasteiger partial charge in [-0.2, -0.15) is 13.2 Å². The van der Waals surface area contributed by atoms with E-state index >= 15 is 0 Å². The predicted octanol–water partition coefficient (Wildman–Crippen LogP) is 3.08. The van der Waals surface area contributed by atoms with Crippen LogP contribution in [-0.4, -0.2) is 15.6 Å². The lowest BCUT2D eigenvalue weighted by atomic mass is 10.0. The van der Waals surface area contributed by atoms with Crippen LogP contribution in [0.5, 0.6) is 0 Å². The van der Waals surface area contributed by atoms with E-state index in [2.05, 4.69) is 0 Å². The van der Waals surface area contributed by atoms with E-state index in [1.807, 2.05) is 0 Å². The summed E-state index contributed by atoms with van der Waals surface area (Å²) in [4.78, 5) is 23.3. The molecule has 22 heavy (non-hydrogen) atoms. The van der Waals surface area contributed by atoms with Gasteiger partial charge in [0.05, 0.1) is 5.56 Å². The molecule has 1 aromatic carbocycles. The smallest absolute Gasteiger partial charge is 0.416 e. The van der Waals surface area contributed by atoms with E-state index in [0.29, 0.717) is 5.56 Å². The zero-order valence-corrected chi connectivity index (χ0v) is 11.7. The molecule has 0 saturated carbocycles. The first-order chi connectivity index (χ1) is 10.1. The standard InChI is InChI=1S/C15H12F3NO3/c1-8-6-11(13(20)19(2)12(8)14(21)22)9-4-3-5-10(7-9)15(16,17)18/h3-7H,1-2H3,(H,21,22). The molecule has 4 nitrogen and oxygen atoms in total. The van der Waals surface area contributed by atoms with E-state index in [-0.39, 0.29) is 16.8 Å². The Kier molecular flexibility index (Phi) is 3.83. The molecule has 0 bridgehead atoms. The van der Waals surface area contributed by atoms with Crippen molar-refractivity contribution in [3.05, 3.63) is 57.5 Å². The van der Waals surface area contributed by atoms with Crippen molar-refractivity contribution in [1.29, 1.82) is 0 Å². The average Bonchev–Trinajstić information content (AvgIpc) is 2.42. The summed E-state index contributed by atoms with van der Waals surface area (Å²) >= 11 is 0. The third kappa shape index (κ3) is 2.74. The largest absolute Gasteiger partial charge is 0.477 e. The molecule has 0 spiro atoms. The average molecular weight is 311 g/mol. The molecule has 0 aliphatic heterocycles. The van der Waals surface area contributed by atoms with Crippen LogP contribution in [0.4, 0.5) is 13.2 Å². The SMILES string of the molecule is Cc1cc(-c2cccc(C(F)(F)F)c2)c(=O)n(C)c1C(=O)O. The van der Waals surface area contributed by atoms with Crippen molar-refractivity contribution >= 4 is 5.97 Å². The summed E-state index contributed by atoms with van der Waals surface area (Å²) in [6, 6.07) is 5.66. The van der Waals surface area contributed by atoms with Crippen LogP contribution in [0, 0.1) is 6.92 Å². The number of benzene rings is 1. The molecule has 0 unspecified atom stereocenters. The van der Waals surface area contributed by atoms with E-state index in [1.165, 1.54) is 32.2 Å². The number of carbonyl (C=O) groups is 1. The highest BCUT2D eigenvalue weighted by Crippen LogP contribution is 2.31. The van der Waals surface area contributed by atoms with Gasteiger partial charge in [-0.25, -0.2) is 4.79 Å². The van der Waals surface area contributed by atoms with Crippen LogP contribution in [0.15, 0.2) is 35.1 Å². The Labute approximate surface area is 123 Å². The zero-order chi connectivity index (χ0) is 16.7. The summed E-state index contributed by atoms with van der Waals surface area (Å²) in [5.41, 5.74) is -1.32. The Balaban J connectivity index is 2.70. The second kappa shape index (κ2) is 5.32. The molecule has 0 aliphatic rings. The summed E-state index contributed by atoms with van der Waals surface area (Å²) in [6.45, 7) is 1.49. The highest BCUT2D eigenvalue weighted by molar-refractivity contribution is 5.88. The number of rotatable bonds is 2. The molecule has 2 aromatic rings. The molecule has 1 aromatic heterocycles. The van der Waals surface area contributed by atoms with Gasteiger partial charge in [0.25, 0.3) is 5.56 Å². The van der Waals surface area contributed by atoms with Crippen molar-refractivity contribution in [1.82, 2.24) is 4.57 Å². The normalized spacial score (nSPS) is 11.5. The van der Waals surface area contributed by atoms with Gasteiger partial charge in [-0.3, -0.25) is 4.79 Å². The van der Waals surface area contributed by atoms with Gasteiger partial charge in [-0.1, -0.05) is 12.1 Å². The minimum atomic E-state index is -4.52. The Morgan fingerprint density at radius 1 is 1.23 bits per heavy atom. The number of hydrogen-bond acceptors (Lipinski definition) is 2. The van der Waals surface area contributed by atoms with Crippen molar-refractivity contribution in [3.8, 4) is 11.1 Å². The highest BCUT2D eigenvalue weighted by atomic mass is 19.4. The number of aromatic nitrogens is 1. The first-order valence-corrected chi connectivity index (χ1v) is 6.24. The van der Waals surface area contributed by atoms with Crippen LogP contribution in [0.2, 0.25) is 0 Å². The first-order valence-electron chi connectivity index (χ1n) is 6.24. The third-order valence-corrected chi connectivity index (χ3v) is 3.31. The maximum atomic E-state index is 12.8. The minimum absolute atomic E-state index is 0.0242. The van der Waals surface area contributed by atoms with Gasteiger partial charge in [0, 0.05) is 12.6 Å². The maximum absolute atomic E-state index is 12.8. The lowest BCUT2D eigenvalue weighted by molar-refractivity contribution is -0.137. The summed E-state index contributed by atoms with van der Waals surface area (Å²) in [6.07, 6.45) is -4.52. The molecule has 0 saturated heterocycles. The molecule has 0 radical (unpaired) electrons. The molecule has 0 atom stereocenters. The van der Waals surface area contributed by atoms with Gasteiger partial charge in [0.15, 0.2) is 0 Å². The monoisotopic (exact) mass is 311 g/mol. The lowest BCUT2D eigenvalue weighted by Gasteiger charge is -2.12. The van der Waals surface area contributed by atoms with Crippen molar-refractivity contribution in [2.75, 3.05) is 0 Å². The second-order valence-corrected chi connectivity index (χ2v) is 4.84. The number of nitrogens with zero attached hydrogens (tertiary/aromatic N) is 1. The van der Waals surface area contributed by atoms with E-state index in [0.717, 1.165) is 16.7 Å². The number of carboxylic acid groups (broad SMARTS) is 1. The van der Waals surface area contributed by atoms with Gasteiger partial charge in [-0.05, 0) is 36.2 Å². The van der Waals surface area contributed by atoms with Gasteiger partial charge in [0.2, 0.25) is 0 Å². The summed E-state index contributed by atoms with van der Waals surface area (Å²) < 4.78 is 39.2. The maximum Gasteiger partial charge on any atom is 0.416 e. The molecular weight excluding hydrogens is 299 g/mol. The number of carboxylic acids is 1. The van der Waals surface area contributed by atoms with E-state index in [9.17, 15) is 22.8 Å². The second-order valence-electron chi connectivity index (χ2n) is 4.84. The topological polar surface area (TPSA) is 59.3 Å². The lowest BCUT2D eigenvalue weighted by Crippen LogP contribution is -2.25. The van der Waals surface area contributed by atoms with Crippen molar-refractivity contribution in [3.63, 3.8) is 0 Å². The van der Waals surface area contributed by atoms with Crippen LogP contribution < -0.4 is 5.56 Å². The van der Waals surface area contributed by atoms with Crippen molar-refractivity contribution in [2.45, 2.75) is 13.1 Å². The molecule has 0 aliphatic carbocycles. The fourth-order valence-electron chi connectivity index (χ4n) is 2.28. The van der Waals surface area contributed by atoms with Crippen LogP contribution in [0.25, 0.3) is 11.1 Å². The number of halogens is 3. The molecule has 1 N–H and O–H groups in total. The molecule has 7 heteroatoms. The van der Waals surface area contributed by atoms with Gasteiger partial charge < -0.3 is 9.67 Å². The Bertz CT molecular complexity index is 807. The number of aromatic carboxylic acids is 1. The third-order valence-electron chi connectivity index (χ3n) is 3.31. The van der Waals surface area contributed by atoms with Gasteiger partial charge in [0.1, 0.15) is 5.69 Å². The number of aryl methyl sites for hydroxylation is 1. The number of alkyl halides is 3. The van der Waals surface area contributed by atoms with Gasteiger partial charge >= 0.3 is 12.1 Å². The number of hydrogen-bond donors (Lipinski definition) is 1. The van der Waals surface area contributed by atoms with E-state index in [1.54, 1.807) is 0 Å². The fraction of sp³-hybridized carbons (Fsp3) is 0.200. The quantitative estimate of drug-likeness (QED) is 0.927. The fourth-order valence-corrected chi connectivity index (χ4v) is 2.28. The van der Waals surface area contributed by atoms with Crippen LogP contribution >= 0.6 is 0 Å². The van der Waals surface area contributed by atoms with E-state index < -0.39 is 23.3 Å². The Morgan fingerprint density at radius 3 is 2.41 bits per heavy atom. The summed E-state index contributed by atoms with van der Waals surface area (Å²) in [7, 11) is 1.27. The summed E-state index contributed by atoms with van der Waals surface area (Å²) in [5, 5.41) is 9.07. The van der Waals surface area contributed by atoms with Crippen molar-refractivity contribution in [2.24, 2.45) is 7.05 Å². The minimum Gasteiger partial charge on any atom is -0.477 e. The predicted molar refractivity (Wildman–Crippen MR) is 73.8 cm³/mol. The van der Waals surface area contributed by atoms with Crippen LogP contribution in [0.3, 0.4) is 0 Å². The zero-order valence-electron chi connectivity index (χ0n) is 11.7. The van der Waals surface area contributed by atoms with Crippen LogP contribution in [-0.2, 0) is 13.2 Å². The molecule has 1 heterocycles. The van der Waals surface area contributed by atoms with Crippen molar-refractivity contribution < 1.29 is 23.1 Å². The first kappa shape index (κ1) is 15.8. The molecular formula is C15H12F3NO3. The Morgan fingerprint density at radius 2 is 1.86 bits per heavy atom. The highest BCUT2D eigenvalue weighted by Gasteiger charge is 2.30. The van der Waals surface area contributed by atoms with E-state index in [4.69, 9.17) is 5.11 Å². The number of pyridine rings is 1. The molecule has 0 fully saturated rings. The molecule has 0 amide bonds. The Hall–Kier alpha value is -2.57.